The molecule has 0 aliphatic carbocycles. The van der Waals surface area contributed by atoms with Crippen LogP contribution in [-0.2, 0) is 9.59 Å². The molecular weight excluding hydrogens is 363 g/mol. The lowest BCUT2D eigenvalue weighted by molar-refractivity contribution is -0.129. The Kier molecular flexibility index (Phi) is 5.16. The highest BCUT2D eigenvalue weighted by Gasteiger charge is 2.37. The number of methoxy groups -OCH3 is 1. The fourth-order valence-corrected chi connectivity index (χ4v) is 3.03. The van der Waals surface area contributed by atoms with E-state index < -0.39 is 5.92 Å². The summed E-state index contributed by atoms with van der Waals surface area (Å²) < 4.78 is 5.08. The molecule has 2 aromatic carbocycles. The number of amides is 2. The van der Waals surface area contributed by atoms with Crippen LogP contribution in [0.2, 0.25) is 10.0 Å². The van der Waals surface area contributed by atoms with E-state index in [2.05, 4.69) is 5.32 Å². The van der Waals surface area contributed by atoms with Crippen LogP contribution in [0.5, 0.6) is 5.75 Å². The Hall–Kier alpha value is -2.24. The van der Waals surface area contributed by atoms with Gasteiger partial charge in [-0.25, -0.2) is 0 Å². The molecule has 0 bridgehead atoms. The first-order valence-electron chi connectivity index (χ1n) is 7.71. The normalized spacial score (nSPS) is 16.8. The first kappa shape index (κ1) is 17.6. The summed E-state index contributed by atoms with van der Waals surface area (Å²) in [5.41, 5.74) is 1.26. The predicted molar refractivity (Wildman–Crippen MR) is 98.5 cm³/mol. The van der Waals surface area contributed by atoms with Crippen LogP contribution >= 0.6 is 23.2 Å². The SMILES string of the molecule is COc1ccc(NC(=O)[C@H]2CCN(c3ccc(Cl)c(Cl)c3)C2=O)cc1. The van der Waals surface area contributed by atoms with Crippen molar-refractivity contribution in [2.24, 2.45) is 5.92 Å². The minimum absolute atomic E-state index is 0.246. The number of anilines is 2. The van der Waals surface area contributed by atoms with E-state index in [1.807, 2.05) is 0 Å². The van der Waals surface area contributed by atoms with Gasteiger partial charge in [0.15, 0.2) is 0 Å². The highest BCUT2D eigenvalue weighted by Crippen LogP contribution is 2.31. The Morgan fingerprint density at radius 2 is 1.88 bits per heavy atom. The Bertz CT molecular complexity index is 808. The average Bonchev–Trinajstić information content (AvgIpc) is 2.99. The molecule has 0 aromatic heterocycles. The molecule has 25 heavy (non-hydrogen) atoms. The molecule has 1 heterocycles. The molecule has 0 saturated carbocycles. The largest absolute Gasteiger partial charge is 0.497 e. The number of hydrogen-bond acceptors (Lipinski definition) is 3. The molecular formula is C18H16Cl2N2O3. The van der Waals surface area contributed by atoms with Gasteiger partial charge in [-0.2, -0.15) is 0 Å². The number of halogens is 2. The predicted octanol–water partition coefficient (Wildman–Crippen LogP) is 3.99. The van der Waals surface area contributed by atoms with E-state index >= 15 is 0 Å². The Morgan fingerprint density at radius 3 is 2.52 bits per heavy atom. The number of ether oxygens (including phenoxy) is 1. The molecule has 3 rings (SSSR count). The molecule has 1 aliphatic heterocycles. The smallest absolute Gasteiger partial charge is 0.239 e. The van der Waals surface area contributed by atoms with Crippen molar-refractivity contribution >= 4 is 46.4 Å². The molecule has 1 atom stereocenters. The second-order valence-corrected chi connectivity index (χ2v) is 6.46. The molecule has 0 spiro atoms. The van der Waals surface area contributed by atoms with Crippen molar-refractivity contribution in [1.29, 1.82) is 0 Å². The van der Waals surface area contributed by atoms with Crippen molar-refractivity contribution < 1.29 is 14.3 Å². The number of rotatable bonds is 4. The highest BCUT2D eigenvalue weighted by molar-refractivity contribution is 6.42. The number of hydrogen-bond donors (Lipinski definition) is 1. The number of nitrogens with one attached hydrogen (secondary N) is 1. The van der Waals surface area contributed by atoms with E-state index in [0.717, 1.165) is 0 Å². The zero-order valence-corrected chi connectivity index (χ0v) is 15.0. The van der Waals surface area contributed by atoms with Gasteiger partial charge in [0.1, 0.15) is 11.7 Å². The molecule has 1 fully saturated rings. The van der Waals surface area contributed by atoms with Crippen LogP contribution < -0.4 is 15.0 Å². The highest BCUT2D eigenvalue weighted by atomic mass is 35.5. The number of benzene rings is 2. The maximum atomic E-state index is 12.6. The van der Waals surface area contributed by atoms with Crippen molar-refractivity contribution in [1.82, 2.24) is 0 Å². The van der Waals surface area contributed by atoms with E-state index in [1.54, 1.807) is 54.5 Å². The molecule has 0 radical (unpaired) electrons. The fraction of sp³-hybridized carbons (Fsp3) is 0.222. The zero-order chi connectivity index (χ0) is 18.0. The van der Waals surface area contributed by atoms with Crippen molar-refractivity contribution in [2.45, 2.75) is 6.42 Å². The van der Waals surface area contributed by atoms with E-state index in [9.17, 15) is 9.59 Å². The van der Waals surface area contributed by atoms with Gasteiger partial charge < -0.3 is 15.0 Å². The molecule has 5 nitrogen and oxygen atoms in total. The maximum Gasteiger partial charge on any atom is 0.239 e. The van der Waals surface area contributed by atoms with Gasteiger partial charge in [0.2, 0.25) is 11.8 Å². The minimum atomic E-state index is -0.725. The third-order valence-electron chi connectivity index (χ3n) is 4.09. The minimum Gasteiger partial charge on any atom is -0.497 e. The zero-order valence-electron chi connectivity index (χ0n) is 13.5. The van der Waals surface area contributed by atoms with E-state index in [4.69, 9.17) is 27.9 Å². The van der Waals surface area contributed by atoms with Crippen molar-refractivity contribution in [3.63, 3.8) is 0 Å². The third-order valence-corrected chi connectivity index (χ3v) is 4.83. The summed E-state index contributed by atoms with van der Waals surface area (Å²) in [4.78, 5) is 26.6. The second kappa shape index (κ2) is 7.33. The summed E-state index contributed by atoms with van der Waals surface area (Å²) in [5, 5.41) is 3.56. The van der Waals surface area contributed by atoms with Crippen LogP contribution in [0.3, 0.4) is 0 Å². The summed E-state index contributed by atoms with van der Waals surface area (Å²) in [5.74, 6) is -0.598. The van der Waals surface area contributed by atoms with Crippen LogP contribution in [0.1, 0.15) is 6.42 Å². The van der Waals surface area contributed by atoms with Gasteiger partial charge in [-0.05, 0) is 48.9 Å². The third kappa shape index (κ3) is 3.72. The fourth-order valence-electron chi connectivity index (χ4n) is 2.74. The summed E-state index contributed by atoms with van der Waals surface area (Å²) in [6.07, 6.45) is 0.446. The topological polar surface area (TPSA) is 58.6 Å². The van der Waals surface area contributed by atoms with Crippen molar-refractivity contribution in [3.8, 4) is 5.75 Å². The Balaban J connectivity index is 1.70. The first-order chi connectivity index (χ1) is 12.0. The van der Waals surface area contributed by atoms with Crippen LogP contribution in [0.25, 0.3) is 0 Å². The molecule has 1 saturated heterocycles. The van der Waals surface area contributed by atoms with Gasteiger partial charge in [-0.3, -0.25) is 9.59 Å². The van der Waals surface area contributed by atoms with Crippen LogP contribution in [-0.4, -0.2) is 25.5 Å². The molecule has 7 heteroatoms. The average molecular weight is 379 g/mol. The number of nitrogens with zero attached hydrogens (tertiary/aromatic N) is 1. The summed E-state index contributed by atoms with van der Waals surface area (Å²) in [6, 6.07) is 11.9. The van der Waals surface area contributed by atoms with Crippen molar-refractivity contribution in [2.75, 3.05) is 23.9 Å². The van der Waals surface area contributed by atoms with Gasteiger partial charge in [-0.1, -0.05) is 23.2 Å². The van der Waals surface area contributed by atoms with Gasteiger partial charge in [0.05, 0.1) is 17.2 Å². The van der Waals surface area contributed by atoms with Crippen LogP contribution in [0.15, 0.2) is 42.5 Å². The molecule has 1 N–H and O–H groups in total. The van der Waals surface area contributed by atoms with Gasteiger partial charge in [0.25, 0.3) is 0 Å². The molecule has 0 unspecified atom stereocenters. The Morgan fingerprint density at radius 1 is 1.16 bits per heavy atom. The van der Waals surface area contributed by atoms with E-state index in [1.165, 1.54) is 0 Å². The standard InChI is InChI=1S/C18H16Cl2N2O3/c1-25-13-5-2-11(3-6-13)21-17(23)14-8-9-22(18(14)24)12-4-7-15(19)16(20)10-12/h2-7,10,14H,8-9H2,1H3,(H,21,23)/t14-/m1/s1. The van der Waals surface area contributed by atoms with Crippen LogP contribution in [0, 0.1) is 5.92 Å². The maximum absolute atomic E-state index is 12.6. The summed E-state index contributed by atoms with van der Waals surface area (Å²) in [7, 11) is 1.57. The monoisotopic (exact) mass is 378 g/mol. The van der Waals surface area contributed by atoms with Gasteiger partial charge in [-0.15, -0.1) is 0 Å². The molecule has 1 aliphatic rings. The molecule has 2 aromatic rings. The molecule has 2 amide bonds. The van der Waals surface area contributed by atoms with Gasteiger partial charge >= 0.3 is 0 Å². The second-order valence-electron chi connectivity index (χ2n) is 5.65. The molecule has 130 valence electrons. The van der Waals surface area contributed by atoms with Crippen LogP contribution in [0.4, 0.5) is 11.4 Å². The lowest BCUT2D eigenvalue weighted by Crippen LogP contribution is -2.33. The first-order valence-corrected chi connectivity index (χ1v) is 8.46. The van der Waals surface area contributed by atoms with E-state index in [-0.39, 0.29) is 11.8 Å². The van der Waals surface area contributed by atoms with Gasteiger partial charge in [0, 0.05) is 17.9 Å². The van der Waals surface area contributed by atoms with E-state index in [0.29, 0.717) is 40.1 Å². The van der Waals surface area contributed by atoms with Crippen molar-refractivity contribution in [3.05, 3.63) is 52.5 Å². The number of carbonyl (C=O) groups excluding carboxylic acids is 2. The lowest BCUT2D eigenvalue weighted by atomic mass is 10.1. The summed E-state index contributed by atoms with van der Waals surface area (Å²) in [6.45, 7) is 0.456. The summed E-state index contributed by atoms with van der Waals surface area (Å²) >= 11 is 11.9. The number of carbonyl (C=O) groups is 2. The Labute approximate surface area is 155 Å². The lowest BCUT2D eigenvalue weighted by Gasteiger charge is -2.17. The quantitative estimate of drug-likeness (QED) is 0.818.